The molecule has 180 valence electrons. The van der Waals surface area contributed by atoms with E-state index in [-0.39, 0.29) is 17.7 Å². The molecule has 0 bridgehead atoms. The summed E-state index contributed by atoms with van der Waals surface area (Å²) < 4.78 is 3.81. The molecule has 1 aliphatic heterocycles. The number of carbonyl (C=O) groups is 2. The summed E-state index contributed by atoms with van der Waals surface area (Å²) in [4.78, 5) is 41.5. The number of carbonyl (C=O) groups excluding carboxylic acids is 2. The Morgan fingerprint density at radius 2 is 1.58 bits per heavy atom. The van der Waals surface area contributed by atoms with Crippen molar-refractivity contribution in [1.29, 1.82) is 0 Å². The molecular formula is C27H25N7O2. The van der Waals surface area contributed by atoms with Gasteiger partial charge < -0.3 is 4.57 Å². The largest absolute Gasteiger partial charge is 0.325 e. The van der Waals surface area contributed by atoms with Gasteiger partial charge in [-0.05, 0) is 55.2 Å². The Kier molecular flexibility index (Phi) is 4.96. The number of benzene rings is 1. The van der Waals surface area contributed by atoms with Crippen molar-refractivity contribution in [3.63, 3.8) is 0 Å². The molecule has 4 aromatic heterocycles. The van der Waals surface area contributed by atoms with E-state index in [9.17, 15) is 9.59 Å². The van der Waals surface area contributed by atoms with Gasteiger partial charge in [0.1, 0.15) is 18.0 Å². The second-order valence-electron chi connectivity index (χ2n) is 9.55. The number of rotatable bonds is 5. The van der Waals surface area contributed by atoms with E-state index in [1.807, 2.05) is 26.0 Å². The lowest BCUT2D eigenvalue weighted by molar-refractivity contribution is 0.0529. The first kappa shape index (κ1) is 22.1. The summed E-state index contributed by atoms with van der Waals surface area (Å²) in [5.41, 5.74) is 5.59. The van der Waals surface area contributed by atoms with Gasteiger partial charge in [-0.25, -0.2) is 14.5 Å². The molecule has 1 aromatic carbocycles. The maximum atomic E-state index is 13.3. The third-order valence-corrected chi connectivity index (χ3v) is 7.05. The average molecular weight is 480 g/mol. The van der Waals surface area contributed by atoms with Gasteiger partial charge in [0.05, 0.1) is 16.5 Å². The van der Waals surface area contributed by atoms with E-state index in [0.717, 1.165) is 27.9 Å². The molecule has 0 unspecified atom stereocenters. The Morgan fingerprint density at radius 3 is 2.22 bits per heavy atom. The van der Waals surface area contributed by atoms with Crippen LogP contribution in [0.3, 0.4) is 0 Å². The summed E-state index contributed by atoms with van der Waals surface area (Å²) in [7, 11) is 0. The molecule has 2 amide bonds. The quantitative estimate of drug-likeness (QED) is 0.352. The van der Waals surface area contributed by atoms with Crippen LogP contribution in [0.1, 0.15) is 63.3 Å². The van der Waals surface area contributed by atoms with Crippen molar-refractivity contribution in [2.45, 2.75) is 40.3 Å². The Bertz CT molecular complexity index is 1630. The zero-order chi connectivity index (χ0) is 25.1. The van der Waals surface area contributed by atoms with Crippen LogP contribution in [-0.2, 0) is 6.54 Å². The average Bonchev–Trinajstić information content (AvgIpc) is 3.49. The van der Waals surface area contributed by atoms with Crippen LogP contribution in [0.2, 0.25) is 0 Å². The molecule has 1 aliphatic rings. The van der Waals surface area contributed by atoms with Gasteiger partial charge in [-0.15, -0.1) is 5.10 Å². The minimum Gasteiger partial charge on any atom is -0.325 e. The van der Waals surface area contributed by atoms with E-state index < -0.39 is 6.04 Å². The highest BCUT2D eigenvalue weighted by atomic mass is 16.2. The first-order valence-electron chi connectivity index (χ1n) is 11.9. The highest BCUT2D eigenvalue weighted by Gasteiger charge is 2.43. The summed E-state index contributed by atoms with van der Waals surface area (Å²) in [5.74, 6) is -0.293. The molecule has 0 N–H and O–H groups in total. The molecule has 5 aromatic rings. The molecule has 36 heavy (non-hydrogen) atoms. The van der Waals surface area contributed by atoms with Crippen LogP contribution >= 0.6 is 0 Å². The normalized spacial score (nSPS) is 14.4. The van der Waals surface area contributed by atoms with Crippen molar-refractivity contribution in [3.8, 4) is 0 Å². The first-order valence-corrected chi connectivity index (χ1v) is 11.9. The van der Waals surface area contributed by atoms with Gasteiger partial charge in [-0.1, -0.05) is 26.0 Å². The SMILES string of the molecule is Cc1c(C)n(Cc2ccncc2)c2ncn3nc([C@@H](C(C)C)N4C(=O)c5ccccc5C4=O)nc3c12. The summed E-state index contributed by atoms with van der Waals surface area (Å²) in [5, 5.41) is 5.61. The molecule has 0 radical (unpaired) electrons. The molecule has 5 heterocycles. The third-order valence-electron chi connectivity index (χ3n) is 7.05. The van der Waals surface area contributed by atoms with Crippen molar-refractivity contribution in [2.75, 3.05) is 0 Å². The Labute approximate surface area is 207 Å². The van der Waals surface area contributed by atoms with Crippen molar-refractivity contribution in [1.82, 2.24) is 34.0 Å². The van der Waals surface area contributed by atoms with E-state index in [4.69, 9.17) is 15.1 Å². The Hall–Kier alpha value is -4.40. The topological polar surface area (TPSA) is 98.3 Å². The lowest BCUT2D eigenvalue weighted by Gasteiger charge is -2.26. The number of aryl methyl sites for hydroxylation is 1. The van der Waals surface area contributed by atoms with Crippen LogP contribution in [0.4, 0.5) is 0 Å². The number of pyridine rings is 1. The molecule has 0 spiro atoms. The maximum absolute atomic E-state index is 13.3. The van der Waals surface area contributed by atoms with Gasteiger partial charge in [-0.2, -0.15) is 0 Å². The maximum Gasteiger partial charge on any atom is 0.262 e. The summed E-state index contributed by atoms with van der Waals surface area (Å²) in [6.45, 7) is 8.72. The second kappa shape index (κ2) is 8.08. The van der Waals surface area contributed by atoms with Crippen LogP contribution < -0.4 is 0 Å². The number of hydrogen-bond acceptors (Lipinski definition) is 6. The van der Waals surface area contributed by atoms with Crippen LogP contribution in [0.15, 0.2) is 55.1 Å². The van der Waals surface area contributed by atoms with Crippen LogP contribution in [-0.4, -0.2) is 45.8 Å². The fraction of sp³-hybridized carbons (Fsp3) is 0.259. The molecule has 6 rings (SSSR count). The standard InChI is InChI=1S/C27H25N7O2/c1-15(2)22(34-26(35)19-7-5-6-8-20(19)27(34)36)23-30-25-21-16(3)17(4)32(13-18-9-11-28-12-10-18)24(21)29-14-33(25)31-23/h5-12,14-15,22H,13H2,1-4H3/t22-/m1/s1. The Balaban J connectivity index is 1.48. The van der Waals surface area contributed by atoms with Crippen molar-refractivity contribution in [3.05, 3.63) is 88.9 Å². The fourth-order valence-corrected chi connectivity index (χ4v) is 5.11. The molecule has 0 aliphatic carbocycles. The number of hydrogen-bond donors (Lipinski definition) is 0. The predicted octanol–water partition coefficient (Wildman–Crippen LogP) is 4.13. The van der Waals surface area contributed by atoms with E-state index in [1.54, 1.807) is 47.5 Å². The lowest BCUT2D eigenvalue weighted by atomic mass is 10.0. The molecule has 9 nitrogen and oxygen atoms in total. The smallest absolute Gasteiger partial charge is 0.262 e. The zero-order valence-corrected chi connectivity index (χ0v) is 20.5. The molecule has 1 atom stereocenters. The van der Waals surface area contributed by atoms with Crippen molar-refractivity contribution >= 4 is 28.5 Å². The van der Waals surface area contributed by atoms with Crippen LogP contribution in [0, 0.1) is 19.8 Å². The second-order valence-corrected chi connectivity index (χ2v) is 9.55. The van der Waals surface area contributed by atoms with E-state index in [1.165, 1.54) is 4.90 Å². The summed E-state index contributed by atoms with van der Waals surface area (Å²) >= 11 is 0. The van der Waals surface area contributed by atoms with Gasteiger partial charge >= 0.3 is 0 Å². The van der Waals surface area contributed by atoms with Crippen molar-refractivity contribution < 1.29 is 9.59 Å². The molecule has 0 fully saturated rings. The molecule has 0 saturated heterocycles. The molecule has 0 saturated carbocycles. The van der Waals surface area contributed by atoms with Gasteiger partial charge in [0.25, 0.3) is 11.8 Å². The summed E-state index contributed by atoms with van der Waals surface area (Å²) in [6, 6.07) is 10.3. The first-order chi connectivity index (χ1) is 17.4. The minimum absolute atomic E-state index is 0.0906. The lowest BCUT2D eigenvalue weighted by Crippen LogP contribution is -2.37. The minimum atomic E-state index is -0.604. The fourth-order valence-electron chi connectivity index (χ4n) is 5.11. The van der Waals surface area contributed by atoms with E-state index in [2.05, 4.69) is 23.4 Å². The van der Waals surface area contributed by atoms with E-state index >= 15 is 0 Å². The van der Waals surface area contributed by atoms with Gasteiger partial charge in [0.15, 0.2) is 11.5 Å². The monoisotopic (exact) mass is 479 g/mol. The number of fused-ring (bicyclic) bond motifs is 4. The van der Waals surface area contributed by atoms with Gasteiger partial charge in [0.2, 0.25) is 0 Å². The summed E-state index contributed by atoms with van der Waals surface area (Å²) in [6.07, 6.45) is 5.21. The number of amides is 2. The molecule has 9 heteroatoms. The van der Waals surface area contributed by atoms with Crippen LogP contribution in [0.5, 0.6) is 0 Å². The highest BCUT2D eigenvalue weighted by Crippen LogP contribution is 2.36. The number of imide groups is 1. The van der Waals surface area contributed by atoms with Crippen molar-refractivity contribution in [2.24, 2.45) is 5.92 Å². The Morgan fingerprint density at radius 1 is 0.917 bits per heavy atom. The molecular weight excluding hydrogens is 454 g/mol. The van der Waals surface area contributed by atoms with E-state index in [0.29, 0.717) is 29.1 Å². The zero-order valence-electron chi connectivity index (χ0n) is 20.5. The highest BCUT2D eigenvalue weighted by molar-refractivity contribution is 6.21. The third kappa shape index (κ3) is 3.16. The van der Waals surface area contributed by atoms with Crippen LogP contribution in [0.25, 0.3) is 16.7 Å². The van der Waals surface area contributed by atoms with Gasteiger partial charge in [0, 0.05) is 24.6 Å². The predicted molar refractivity (Wildman–Crippen MR) is 134 cm³/mol. The van der Waals surface area contributed by atoms with Gasteiger partial charge in [-0.3, -0.25) is 19.5 Å². The number of aromatic nitrogens is 6. The number of nitrogens with zero attached hydrogens (tertiary/aromatic N) is 7.